The molecule has 0 bridgehead atoms. The number of nitrogens with zero attached hydrogens (tertiary/aromatic N) is 2. The van der Waals surface area contributed by atoms with Crippen molar-refractivity contribution in [3.8, 4) is 5.69 Å². The van der Waals surface area contributed by atoms with Gasteiger partial charge in [0.2, 0.25) is 0 Å². The van der Waals surface area contributed by atoms with Crippen molar-refractivity contribution < 1.29 is 22.8 Å². The maximum Gasteiger partial charge on any atom is 0.416 e. The zero-order valence-electron chi connectivity index (χ0n) is 14.6. The van der Waals surface area contributed by atoms with Crippen molar-refractivity contribution in [3.05, 3.63) is 90.0 Å². The van der Waals surface area contributed by atoms with E-state index in [1.807, 2.05) is 35.0 Å². The maximum atomic E-state index is 12.5. The topological polar surface area (TPSA) is 56.2 Å². The molecule has 144 valence electrons. The van der Waals surface area contributed by atoms with E-state index in [0.29, 0.717) is 5.56 Å². The summed E-state index contributed by atoms with van der Waals surface area (Å²) >= 11 is 0. The summed E-state index contributed by atoms with van der Waals surface area (Å²) in [6, 6.07) is 12.0. The fraction of sp³-hybridized carbons (Fsp3) is 0.100. The van der Waals surface area contributed by atoms with Crippen LogP contribution in [0.4, 0.5) is 13.2 Å². The monoisotopic (exact) mass is 387 g/mol. The van der Waals surface area contributed by atoms with Crippen LogP contribution in [-0.4, -0.2) is 15.5 Å². The second-order valence-electron chi connectivity index (χ2n) is 5.84. The SMILES string of the molecule is O=C(/C=C/c1ccc(-n2ccnc2)cc1)NOCc1ccc(C(F)(F)F)cc1. The third-order valence-electron chi connectivity index (χ3n) is 3.82. The van der Waals surface area contributed by atoms with E-state index in [-0.39, 0.29) is 6.61 Å². The summed E-state index contributed by atoms with van der Waals surface area (Å²) in [4.78, 5) is 20.8. The summed E-state index contributed by atoms with van der Waals surface area (Å²) < 4.78 is 39.3. The van der Waals surface area contributed by atoms with Crippen molar-refractivity contribution in [2.24, 2.45) is 0 Å². The number of halogens is 3. The van der Waals surface area contributed by atoms with Crippen LogP contribution in [0.5, 0.6) is 0 Å². The molecule has 0 radical (unpaired) electrons. The van der Waals surface area contributed by atoms with E-state index in [2.05, 4.69) is 10.5 Å². The third kappa shape index (κ3) is 5.31. The van der Waals surface area contributed by atoms with Gasteiger partial charge in [-0.25, -0.2) is 10.5 Å². The molecule has 0 atom stereocenters. The van der Waals surface area contributed by atoms with Gasteiger partial charge in [0.05, 0.1) is 18.5 Å². The van der Waals surface area contributed by atoms with Crippen LogP contribution in [0, 0.1) is 0 Å². The Morgan fingerprint density at radius 3 is 2.43 bits per heavy atom. The molecule has 3 aromatic rings. The van der Waals surface area contributed by atoms with Gasteiger partial charge < -0.3 is 4.57 Å². The molecule has 1 amide bonds. The highest BCUT2D eigenvalue weighted by Crippen LogP contribution is 2.29. The van der Waals surface area contributed by atoms with Crippen molar-refractivity contribution in [1.29, 1.82) is 0 Å². The van der Waals surface area contributed by atoms with Gasteiger partial charge in [-0.15, -0.1) is 0 Å². The molecular formula is C20H16F3N3O2. The Kier molecular flexibility index (Phi) is 5.90. The second-order valence-corrected chi connectivity index (χ2v) is 5.84. The number of hydrogen-bond acceptors (Lipinski definition) is 3. The number of rotatable bonds is 6. The molecule has 1 N–H and O–H groups in total. The molecule has 3 rings (SSSR count). The number of hydrogen-bond donors (Lipinski definition) is 1. The minimum Gasteiger partial charge on any atom is -0.306 e. The Balaban J connectivity index is 1.46. The lowest BCUT2D eigenvalue weighted by molar-refractivity contribution is -0.137. The van der Waals surface area contributed by atoms with Crippen molar-refractivity contribution in [2.45, 2.75) is 12.8 Å². The van der Waals surface area contributed by atoms with Gasteiger partial charge in [-0.1, -0.05) is 24.3 Å². The first-order valence-corrected chi connectivity index (χ1v) is 8.26. The quantitative estimate of drug-likeness (QED) is 0.511. The predicted octanol–water partition coefficient (Wildman–Crippen LogP) is 4.15. The molecular weight excluding hydrogens is 371 g/mol. The Morgan fingerprint density at radius 2 is 1.82 bits per heavy atom. The van der Waals surface area contributed by atoms with Crippen LogP contribution in [0.3, 0.4) is 0 Å². The van der Waals surface area contributed by atoms with Gasteiger partial charge in [0.15, 0.2) is 0 Å². The Morgan fingerprint density at radius 1 is 1.11 bits per heavy atom. The summed E-state index contributed by atoms with van der Waals surface area (Å²) in [5.41, 5.74) is 3.76. The van der Waals surface area contributed by atoms with Crippen LogP contribution >= 0.6 is 0 Å². The number of benzene rings is 2. The zero-order valence-corrected chi connectivity index (χ0v) is 14.6. The molecule has 2 aromatic carbocycles. The van der Waals surface area contributed by atoms with Crippen LogP contribution in [0.2, 0.25) is 0 Å². The first-order chi connectivity index (χ1) is 13.4. The highest BCUT2D eigenvalue weighted by atomic mass is 19.4. The number of aromatic nitrogens is 2. The van der Waals surface area contributed by atoms with Crippen molar-refractivity contribution >= 4 is 12.0 Å². The minimum atomic E-state index is -4.38. The number of carbonyl (C=O) groups excluding carboxylic acids is 1. The van der Waals surface area contributed by atoms with Gasteiger partial charge in [0.1, 0.15) is 0 Å². The van der Waals surface area contributed by atoms with E-state index in [1.165, 1.54) is 18.2 Å². The normalized spacial score (nSPS) is 11.7. The number of carbonyl (C=O) groups is 1. The fourth-order valence-corrected chi connectivity index (χ4v) is 2.36. The summed E-state index contributed by atoms with van der Waals surface area (Å²) in [6.07, 6.45) is 3.74. The van der Waals surface area contributed by atoms with Crippen LogP contribution in [0.15, 0.2) is 73.3 Å². The van der Waals surface area contributed by atoms with Crippen molar-refractivity contribution in [2.75, 3.05) is 0 Å². The van der Waals surface area contributed by atoms with E-state index in [9.17, 15) is 18.0 Å². The number of nitrogens with one attached hydrogen (secondary N) is 1. The number of hydroxylamine groups is 1. The highest BCUT2D eigenvalue weighted by molar-refractivity contribution is 5.90. The van der Waals surface area contributed by atoms with E-state index in [1.54, 1.807) is 18.6 Å². The van der Waals surface area contributed by atoms with Gasteiger partial charge in [0.25, 0.3) is 5.91 Å². The van der Waals surface area contributed by atoms with Crippen molar-refractivity contribution in [3.63, 3.8) is 0 Å². The van der Waals surface area contributed by atoms with E-state index in [4.69, 9.17) is 4.84 Å². The maximum absolute atomic E-state index is 12.5. The largest absolute Gasteiger partial charge is 0.416 e. The predicted molar refractivity (Wildman–Crippen MR) is 97.0 cm³/mol. The molecule has 5 nitrogen and oxygen atoms in total. The molecule has 0 saturated carbocycles. The highest BCUT2D eigenvalue weighted by Gasteiger charge is 2.29. The van der Waals surface area contributed by atoms with Gasteiger partial charge >= 0.3 is 6.18 Å². The average Bonchev–Trinajstić information content (AvgIpc) is 3.21. The van der Waals surface area contributed by atoms with Crippen LogP contribution in [0.1, 0.15) is 16.7 Å². The average molecular weight is 387 g/mol. The second kappa shape index (κ2) is 8.53. The summed E-state index contributed by atoms with van der Waals surface area (Å²) in [7, 11) is 0. The molecule has 1 heterocycles. The summed E-state index contributed by atoms with van der Waals surface area (Å²) in [5.74, 6) is -0.481. The summed E-state index contributed by atoms with van der Waals surface area (Å²) in [5, 5.41) is 0. The zero-order chi connectivity index (χ0) is 20.0. The molecule has 28 heavy (non-hydrogen) atoms. The number of alkyl halides is 3. The van der Waals surface area contributed by atoms with E-state index in [0.717, 1.165) is 23.4 Å². The lowest BCUT2D eigenvalue weighted by Gasteiger charge is -2.08. The van der Waals surface area contributed by atoms with E-state index < -0.39 is 17.6 Å². The first kappa shape index (κ1) is 19.4. The summed E-state index contributed by atoms with van der Waals surface area (Å²) in [6.45, 7) is -0.0443. The molecule has 0 fully saturated rings. The fourth-order valence-electron chi connectivity index (χ4n) is 2.36. The van der Waals surface area contributed by atoms with Crippen LogP contribution < -0.4 is 5.48 Å². The minimum absolute atomic E-state index is 0.0443. The molecule has 0 spiro atoms. The Hall–Kier alpha value is -3.39. The number of amides is 1. The molecule has 1 aromatic heterocycles. The molecule has 0 aliphatic carbocycles. The lowest BCUT2D eigenvalue weighted by atomic mass is 10.1. The van der Waals surface area contributed by atoms with Crippen LogP contribution in [0.25, 0.3) is 11.8 Å². The third-order valence-corrected chi connectivity index (χ3v) is 3.82. The first-order valence-electron chi connectivity index (χ1n) is 8.26. The van der Waals surface area contributed by atoms with Crippen LogP contribution in [-0.2, 0) is 22.4 Å². The molecule has 0 saturated heterocycles. The molecule has 8 heteroatoms. The van der Waals surface area contributed by atoms with Crippen molar-refractivity contribution in [1.82, 2.24) is 15.0 Å². The van der Waals surface area contributed by atoms with Gasteiger partial charge in [-0.3, -0.25) is 9.63 Å². The number of imidazole rings is 1. The molecule has 0 unspecified atom stereocenters. The van der Waals surface area contributed by atoms with Gasteiger partial charge in [0, 0.05) is 24.2 Å². The molecule has 0 aliphatic heterocycles. The smallest absolute Gasteiger partial charge is 0.306 e. The van der Waals surface area contributed by atoms with Gasteiger partial charge in [-0.05, 0) is 41.5 Å². The standard InChI is InChI=1S/C20H16F3N3O2/c21-20(22,23)17-6-1-16(2-7-17)13-28-25-19(27)10-5-15-3-8-18(9-4-15)26-12-11-24-14-26/h1-12,14H,13H2,(H,25,27)/b10-5+. The lowest BCUT2D eigenvalue weighted by Crippen LogP contribution is -2.21. The Labute approximate surface area is 159 Å². The molecule has 0 aliphatic rings. The van der Waals surface area contributed by atoms with Gasteiger partial charge in [-0.2, -0.15) is 13.2 Å². The Bertz CT molecular complexity index is 932. The van der Waals surface area contributed by atoms with E-state index >= 15 is 0 Å².